The van der Waals surface area contributed by atoms with E-state index in [2.05, 4.69) is 31.7 Å². The Balaban J connectivity index is 1.37. The second kappa shape index (κ2) is 12.3. The van der Waals surface area contributed by atoms with E-state index in [0.717, 1.165) is 41.1 Å². The molecule has 9 heteroatoms. The van der Waals surface area contributed by atoms with E-state index in [1.165, 1.54) is 0 Å². The SMILES string of the molecule is CCOC(=O)C1CCN(C(=O)c2ccc(CSc3nc(N4CCOCC4)cc(C(C)(C)C)n3)cc2)CC1. The average Bonchev–Trinajstić information content (AvgIpc) is 2.92. The number of amides is 1. The molecule has 0 N–H and O–H groups in total. The van der Waals surface area contributed by atoms with Crippen LogP contribution < -0.4 is 4.90 Å². The fourth-order valence-corrected chi connectivity index (χ4v) is 5.28. The lowest BCUT2D eigenvalue weighted by molar-refractivity contribution is -0.149. The molecule has 4 rings (SSSR count). The van der Waals surface area contributed by atoms with E-state index >= 15 is 0 Å². The summed E-state index contributed by atoms with van der Waals surface area (Å²) in [5, 5.41) is 0.763. The molecular weight excluding hydrogens is 488 g/mol. The van der Waals surface area contributed by atoms with E-state index in [4.69, 9.17) is 19.4 Å². The van der Waals surface area contributed by atoms with Gasteiger partial charge in [-0.15, -0.1) is 0 Å². The van der Waals surface area contributed by atoms with Gasteiger partial charge in [-0.05, 0) is 37.5 Å². The molecule has 1 aromatic carbocycles. The third-order valence-electron chi connectivity index (χ3n) is 6.77. The predicted molar refractivity (Wildman–Crippen MR) is 145 cm³/mol. The molecule has 2 fully saturated rings. The van der Waals surface area contributed by atoms with Gasteiger partial charge >= 0.3 is 5.97 Å². The number of ether oxygens (including phenoxy) is 2. The Bertz CT molecular complexity index is 1070. The van der Waals surface area contributed by atoms with Crippen LogP contribution in [0.1, 0.15) is 62.2 Å². The topological polar surface area (TPSA) is 84.9 Å². The molecule has 0 saturated carbocycles. The molecule has 1 aromatic heterocycles. The fraction of sp³-hybridized carbons (Fsp3) is 0.571. The third kappa shape index (κ3) is 7.23. The molecule has 8 nitrogen and oxygen atoms in total. The van der Waals surface area contributed by atoms with Crippen LogP contribution in [-0.4, -0.2) is 72.7 Å². The summed E-state index contributed by atoms with van der Waals surface area (Å²) in [4.78, 5) is 38.8. The van der Waals surface area contributed by atoms with Crippen molar-refractivity contribution in [1.29, 1.82) is 0 Å². The van der Waals surface area contributed by atoms with Gasteiger partial charge in [-0.2, -0.15) is 0 Å². The Labute approximate surface area is 224 Å². The van der Waals surface area contributed by atoms with Crippen molar-refractivity contribution in [3.8, 4) is 0 Å². The van der Waals surface area contributed by atoms with Crippen molar-refractivity contribution < 1.29 is 19.1 Å². The van der Waals surface area contributed by atoms with Crippen molar-refractivity contribution in [3.63, 3.8) is 0 Å². The van der Waals surface area contributed by atoms with E-state index in [0.29, 0.717) is 51.3 Å². The first-order valence-corrected chi connectivity index (χ1v) is 14.1. The number of carbonyl (C=O) groups is 2. The number of hydrogen-bond donors (Lipinski definition) is 0. The van der Waals surface area contributed by atoms with Gasteiger partial charge in [0.25, 0.3) is 5.91 Å². The monoisotopic (exact) mass is 526 g/mol. The van der Waals surface area contributed by atoms with Gasteiger partial charge in [0.15, 0.2) is 5.16 Å². The summed E-state index contributed by atoms with van der Waals surface area (Å²) in [5.41, 5.74) is 2.73. The molecule has 1 amide bonds. The van der Waals surface area contributed by atoms with Crippen LogP contribution in [0.15, 0.2) is 35.5 Å². The molecule has 37 heavy (non-hydrogen) atoms. The van der Waals surface area contributed by atoms with Crippen molar-refractivity contribution in [3.05, 3.63) is 47.2 Å². The van der Waals surface area contributed by atoms with Gasteiger partial charge in [0.2, 0.25) is 0 Å². The first-order valence-electron chi connectivity index (χ1n) is 13.1. The Hall–Kier alpha value is -2.65. The van der Waals surface area contributed by atoms with E-state index in [1.807, 2.05) is 36.1 Å². The largest absolute Gasteiger partial charge is 0.466 e. The van der Waals surface area contributed by atoms with Crippen LogP contribution in [0.25, 0.3) is 0 Å². The highest BCUT2D eigenvalue weighted by atomic mass is 32.2. The number of hydrogen-bond acceptors (Lipinski definition) is 8. The molecule has 0 atom stereocenters. The minimum Gasteiger partial charge on any atom is -0.466 e. The highest BCUT2D eigenvalue weighted by Crippen LogP contribution is 2.29. The van der Waals surface area contributed by atoms with Crippen molar-refractivity contribution in [2.75, 3.05) is 50.9 Å². The number of benzene rings is 1. The second-order valence-electron chi connectivity index (χ2n) is 10.5. The van der Waals surface area contributed by atoms with Crippen LogP contribution in [0.5, 0.6) is 0 Å². The van der Waals surface area contributed by atoms with E-state index in [-0.39, 0.29) is 23.2 Å². The molecule has 2 saturated heterocycles. The zero-order valence-corrected chi connectivity index (χ0v) is 23.2. The van der Waals surface area contributed by atoms with Crippen LogP contribution in [0.3, 0.4) is 0 Å². The summed E-state index contributed by atoms with van der Waals surface area (Å²) < 4.78 is 10.6. The molecule has 2 aliphatic rings. The zero-order chi connectivity index (χ0) is 26.4. The molecule has 2 aromatic rings. The molecule has 2 aliphatic heterocycles. The Kier molecular flexibility index (Phi) is 9.08. The van der Waals surface area contributed by atoms with E-state index < -0.39 is 0 Å². The number of esters is 1. The summed E-state index contributed by atoms with van der Waals surface area (Å²) in [6.45, 7) is 13.0. The molecule has 0 unspecified atom stereocenters. The van der Waals surface area contributed by atoms with Crippen molar-refractivity contribution in [2.45, 2.75) is 56.9 Å². The summed E-state index contributed by atoms with van der Waals surface area (Å²) in [7, 11) is 0. The van der Waals surface area contributed by atoms with Gasteiger partial charge in [-0.3, -0.25) is 9.59 Å². The van der Waals surface area contributed by atoms with Gasteiger partial charge in [0, 0.05) is 49.0 Å². The number of piperidine rings is 1. The quantitative estimate of drug-likeness (QED) is 0.300. The highest BCUT2D eigenvalue weighted by molar-refractivity contribution is 7.98. The Morgan fingerprint density at radius 1 is 1.05 bits per heavy atom. The van der Waals surface area contributed by atoms with Gasteiger partial charge < -0.3 is 19.3 Å². The average molecular weight is 527 g/mol. The molecule has 0 spiro atoms. The lowest BCUT2D eigenvalue weighted by atomic mass is 9.92. The smallest absolute Gasteiger partial charge is 0.309 e. The molecule has 0 bridgehead atoms. The van der Waals surface area contributed by atoms with Crippen LogP contribution in [-0.2, 0) is 25.4 Å². The number of carbonyl (C=O) groups excluding carboxylic acids is 2. The lowest BCUT2D eigenvalue weighted by Crippen LogP contribution is -2.40. The normalized spacial score (nSPS) is 17.1. The highest BCUT2D eigenvalue weighted by Gasteiger charge is 2.28. The number of morpholine rings is 1. The second-order valence-corrected chi connectivity index (χ2v) is 11.5. The summed E-state index contributed by atoms with van der Waals surface area (Å²) in [5.74, 6) is 1.43. The number of nitrogens with zero attached hydrogens (tertiary/aromatic N) is 4. The fourth-order valence-electron chi connectivity index (χ4n) is 4.47. The summed E-state index contributed by atoms with van der Waals surface area (Å²) in [6, 6.07) is 9.89. The lowest BCUT2D eigenvalue weighted by Gasteiger charge is -2.31. The Morgan fingerprint density at radius 2 is 1.73 bits per heavy atom. The molecule has 0 aliphatic carbocycles. The molecule has 200 valence electrons. The number of anilines is 1. The van der Waals surface area contributed by atoms with E-state index in [1.54, 1.807) is 11.8 Å². The molecule has 3 heterocycles. The summed E-state index contributed by atoms with van der Waals surface area (Å²) in [6.07, 6.45) is 1.30. The van der Waals surface area contributed by atoms with Gasteiger partial charge in [0.1, 0.15) is 5.82 Å². The van der Waals surface area contributed by atoms with Crippen LogP contribution in [0.4, 0.5) is 5.82 Å². The minimum absolute atomic E-state index is 0.0119. The van der Waals surface area contributed by atoms with Crippen LogP contribution in [0, 0.1) is 5.92 Å². The van der Waals surface area contributed by atoms with Crippen molar-refractivity contribution in [2.24, 2.45) is 5.92 Å². The maximum atomic E-state index is 13.0. The molecule has 0 radical (unpaired) electrons. The molecular formula is C28H38N4O4S. The number of aromatic nitrogens is 2. The number of rotatable bonds is 7. The standard InChI is InChI=1S/C28H38N4O4S/c1-5-36-26(34)22-10-12-32(13-11-22)25(33)21-8-6-20(7-9-21)19-37-27-29-23(28(2,3)4)18-24(30-27)31-14-16-35-17-15-31/h6-9,18,22H,5,10-17,19H2,1-4H3. The van der Waals surface area contributed by atoms with Gasteiger partial charge in [0.05, 0.1) is 31.4 Å². The van der Waals surface area contributed by atoms with E-state index in [9.17, 15) is 9.59 Å². The maximum absolute atomic E-state index is 13.0. The predicted octanol–water partition coefficient (Wildman–Crippen LogP) is 4.32. The van der Waals surface area contributed by atoms with Crippen molar-refractivity contribution >= 4 is 29.5 Å². The van der Waals surface area contributed by atoms with Gasteiger partial charge in [-0.1, -0.05) is 44.7 Å². The van der Waals surface area contributed by atoms with Crippen LogP contribution >= 0.6 is 11.8 Å². The number of thioether (sulfide) groups is 1. The third-order valence-corrected chi connectivity index (χ3v) is 7.68. The maximum Gasteiger partial charge on any atom is 0.309 e. The van der Waals surface area contributed by atoms with Crippen LogP contribution in [0.2, 0.25) is 0 Å². The first kappa shape index (κ1) is 27.4. The van der Waals surface area contributed by atoms with Gasteiger partial charge in [-0.25, -0.2) is 9.97 Å². The summed E-state index contributed by atoms with van der Waals surface area (Å²) >= 11 is 1.61. The minimum atomic E-state index is -0.148. The first-order chi connectivity index (χ1) is 17.7. The number of likely N-dealkylation sites (tertiary alicyclic amines) is 1. The zero-order valence-electron chi connectivity index (χ0n) is 22.4. The van der Waals surface area contributed by atoms with Crippen molar-refractivity contribution in [1.82, 2.24) is 14.9 Å². The Morgan fingerprint density at radius 3 is 2.35 bits per heavy atom.